The average molecular weight is 501 g/mol. The number of rotatable bonds is 15. The van der Waals surface area contributed by atoms with Gasteiger partial charge in [0.05, 0.1) is 6.61 Å². The van der Waals surface area contributed by atoms with E-state index in [1.54, 1.807) is 42.5 Å². The van der Waals surface area contributed by atoms with Crippen molar-refractivity contribution in [1.82, 2.24) is 0 Å². The Hall–Kier alpha value is -3.02. The molecule has 2 N–H and O–H groups in total. The van der Waals surface area contributed by atoms with Gasteiger partial charge < -0.3 is 19.7 Å². The lowest BCUT2D eigenvalue weighted by molar-refractivity contribution is 0.0264. The summed E-state index contributed by atoms with van der Waals surface area (Å²) in [5.41, 5.74) is 0.481. The van der Waals surface area contributed by atoms with Crippen LogP contribution in [-0.4, -0.2) is 34.9 Å². The maximum atomic E-state index is 11.9. The van der Waals surface area contributed by atoms with Crippen LogP contribution in [0.15, 0.2) is 48.5 Å². The Labute approximate surface area is 216 Å². The van der Waals surface area contributed by atoms with E-state index in [0.717, 1.165) is 44.9 Å². The van der Waals surface area contributed by atoms with Crippen molar-refractivity contribution in [3.8, 4) is 11.5 Å². The number of carbonyl (C=O) groups excluding carboxylic acids is 1. The van der Waals surface area contributed by atoms with Crippen LogP contribution < -0.4 is 4.74 Å². The first-order valence-corrected chi connectivity index (χ1v) is 13.3. The largest absolute Gasteiger partial charge is 0.507 e. The lowest BCUT2D eigenvalue weighted by Crippen LogP contribution is -2.17. The average Bonchev–Trinajstić information content (AvgIpc) is 2.89. The molecule has 36 heavy (non-hydrogen) atoms. The summed E-state index contributed by atoms with van der Waals surface area (Å²) in [6, 6.07) is 13.3. The maximum absolute atomic E-state index is 11.9. The van der Waals surface area contributed by atoms with Crippen molar-refractivity contribution in [2.24, 2.45) is 5.92 Å². The second-order valence-electron chi connectivity index (χ2n) is 8.98. The number of carbonyl (C=O) groups is 2. The molecule has 0 fully saturated rings. The first-order chi connectivity index (χ1) is 17.4. The fourth-order valence-electron chi connectivity index (χ4n) is 3.70. The summed E-state index contributed by atoms with van der Waals surface area (Å²) in [6.07, 6.45) is 9.62. The summed E-state index contributed by atoms with van der Waals surface area (Å²) < 4.78 is 11.1. The van der Waals surface area contributed by atoms with Crippen molar-refractivity contribution in [2.75, 3.05) is 6.61 Å². The number of aromatic hydroxyl groups is 1. The molecule has 200 valence electrons. The number of carboxylic acids is 1. The van der Waals surface area contributed by atoms with Gasteiger partial charge in [0.15, 0.2) is 0 Å². The summed E-state index contributed by atoms with van der Waals surface area (Å²) in [7, 11) is 0. The highest BCUT2D eigenvalue weighted by Gasteiger charge is 2.17. The minimum Gasteiger partial charge on any atom is -0.507 e. The van der Waals surface area contributed by atoms with Gasteiger partial charge in [0, 0.05) is 0 Å². The van der Waals surface area contributed by atoms with Gasteiger partial charge in [0.2, 0.25) is 0 Å². The molecule has 0 amide bonds. The SMILES string of the molecule is CCCCC(CC)COc1ccccc1C(=O)O.CCCCCC(CC)OC(=O)c1ccccc1O. The molecule has 6 heteroatoms. The summed E-state index contributed by atoms with van der Waals surface area (Å²) in [5.74, 6) is -0.415. The number of carboxylic acid groups (broad SMARTS) is 1. The summed E-state index contributed by atoms with van der Waals surface area (Å²) >= 11 is 0. The summed E-state index contributed by atoms with van der Waals surface area (Å²) in [5, 5.41) is 18.6. The Morgan fingerprint density at radius 2 is 1.44 bits per heavy atom. The molecule has 0 saturated carbocycles. The van der Waals surface area contributed by atoms with Gasteiger partial charge in [0.25, 0.3) is 0 Å². The van der Waals surface area contributed by atoms with E-state index >= 15 is 0 Å². The highest BCUT2D eigenvalue weighted by Crippen LogP contribution is 2.21. The third kappa shape index (κ3) is 11.6. The fraction of sp³-hybridized carbons (Fsp3) is 0.533. The summed E-state index contributed by atoms with van der Waals surface area (Å²) in [6.45, 7) is 9.07. The van der Waals surface area contributed by atoms with Gasteiger partial charge in [-0.2, -0.15) is 0 Å². The third-order valence-corrected chi connectivity index (χ3v) is 6.12. The van der Waals surface area contributed by atoms with E-state index < -0.39 is 11.9 Å². The molecule has 0 heterocycles. The van der Waals surface area contributed by atoms with Crippen molar-refractivity contribution in [3.05, 3.63) is 59.7 Å². The number of aromatic carboxylic acids is 1. The first-order valence-electron chi connectivity index (χ1n) is 13.3. The van der Waals surface area contributed by atoms with Gasteiger partial charge in [0.1, 0.15) is 28.7 Å². The number of phenols is 1. The molecule has 2 atom stereocenters. The van der Waals surface area contributed by atoms with E-state index in [4.69, 9.17) is 14.6 Å². The van der Waals surface area contributed by atoms with E-state index in [-0.39, 0.29) is 23.0 Å². The molecule has 2 aromatic rings. The Kier molecular flexibility index (Phi) is 15.7. The number of unbranched alkanes of at least 4 members (excludes halogenated alkanes) is 3. The second-order valence-corrected chi connectivity index (χ2v) is 8.98. The van der Waals surface area contributed by atoms with E-state index in [1.807, 2.05) is 6.92 Å². The zero-order valence-electron chi connectivity index (χ0n) is 22.4. The minimum atomic E-state index is -0.938. The van der Waals surface area contributed by atoms with Crippen LogP contribution in [0, 0.1) is 5.92 Å². The van der Waals surface area contributed by atoms with Crippen molar-refractivity contribution < 1.29 is 29.3 Å². The molecule has 0 aromatic heterocycles. The van der Waals surface area contributed by atoms with Crippen LogP contribution in [-0.2, 0) is 4.74 Å². The van der Waals surface area contributed by atoms with Crippen LogP contribution in [0.3, 0.4) is 0 Å². The number of para-hydroxylation sites is 2. The van der Waals surface area contributed by atoms with Crippen molar-refractivity contribution in [1.29, 1.82) is 0 Å². The van der Waals surface area contributed by atoms with Crippen LogP contribution in [0.4, 0.5) is 0 Å². The van der Waals surface area contributed by atoms with Crippen molar-refractivity contribution in [3.63, 3.8) is 0 Å². The fourth-order valence-corrected chi connectivity index (χ4v) is 3.70. The van der Waals surface area contributed by atoms with Gasteiger partial charge >= 0.3 is 11.9 Å². The molecule has 0 spiro atoms. The van der Waals surface area contributed by atoms with E-state index in [1.165, 1.54) is 18.9 Å². The van der Waals surface area contributed by atoms with E-state index in [0.29, 0.717) is 18.3 Å². The third-order valence-electron chi connectivity index (χ3n) is 6.12. The molecule has 0 aliphatic rings. The lowest BCUT2D eigenvalue weighted by Gasteiger charge is -2.16. The topological polar surface area (TPSA) is 93.1 Å². The number of hydrogen-bond donors (Lipinski definition) is 2. The maximum Gasteiger partial charge on any atom is 0.342 e. The molecule has 0 radical (unpaired) electrons. The predicted molar refractivity (Wildman–Crippen MR) is 144 cm³/mol. The Balaban J connectivity index is 0.000000360. The lowest BCUT2D eigenvalue weighted by atomic mass is 10.0. The molecule has 0 bridgehead atoms. The molecule has 6 nitrogen and oxygen atoms in total. The molecule has 2 aromatic carbocycles. The highest BCUT2D eigenvalue weighted by atomic mass is 16.5. The number of benzene rings is 2. The molecule has 0 aliphatic heterocycles. The van der Waals surface area contributed by atoms with Gasteiger partial charge in [-0.05, 0) is 55.9 Å². The van der Waals surface area contributed by atoms with Gasteiger partial charge in [-0.15, -0.1) is 0 Å². The molecular formula is C30H44O6. The van der Waals surface area contributed by atoms with Gasteiger partial charge in [-0.25, -0.2) is 9.59 Å². The highest BCUT2D eigenvalue weighted by molar-refractivity contribution is 5.92. The van der Waals surface area contributed by atoms with Crippen LogP contribution in [0.2, 0.25) is 0 Å². The summed E-state index contributed by atoms with van der Waals surface area (Å²) in [4.78, 5) is 22.9. The monoisotopic (exact) mass is 500 g/mol. The standard InChI is InChI=1S/2C15H22O3/c1-3-5-8-12(4-2)11-18-14-10-7-6-9-13(14)15(16)17;1-3-5-6-9-12(4-2)18-15(17)13-10-7-8-11-14(13)16/h6-7,9-10,12H,3-5,8,11H2,1-2H3,(H,16,17);7-8,10-12,16H,3-6,9H2,1-2H3. The number of phenolic OH excluding ortho intramolecular Hbond substituents is 1. The van der Waals surface area contributed by atoms with Crippen LogP contribution in [0.5, 0.6) is 11.5 Å². The number of ether oxygens (including phenoxy) is 2. The Morgan fingerprint density at radius 1 is 0.806 bits per heavy atom. The van der Waals surface area contributed by atoms with Crippen LogP contribution in [0.25, 0.3) is 0 Å². The van der Waals surface area contributed by atoms with Gasteiger partial charge in [-0.1, -0.05) is 84.1 Å². The molecule has 0 saturated heterocycles. The van der Waals surface area contributed by atoms with E-state index in [9.17, 15) is 14.7 Å². The van der Waals surface area contributed by atoms with Crippen LogP contribution >= 0.6 is 0 Å². The van der Waals surface area contributed by atoms with Gasteiger partial charge in [-0.3, -0.25) is 0 Å². The second kappa shape index (κ2) is 18.3. The zero-order valence-corrected chi connectivity index (χ0v) is 22.4. The quantitative estimate of drug-likeness (QED) is 0.191. The molecule has 2 unspecified atom stereocenters. The smallest absolute Gasteiger partial charge is 0.342 e. The zero-order chi connectivity index (χ0) is 26.8. The minimum absolute atomic E-state index is 0.0223. The van der Waals surface area contributed by atoms with E-state index in [2.05, 4.69) is 20.8 Å². The number of hydrogen-bond acceptors (Lipinski definition) is 5. The molecule has 2 rings (SSSR count). The first kappa shape index (κ1) is 31.0. The van der Waals surface area contributed by atoms with Crippen LogP contribution in [0.1, 0.15) is 106 Å². The number of esters is 1. The normalized spacial score (nSPS) is 12.1. The molecular weight excluding hydrogens is 456 g/mol. The van der Waals surface area contributed by atoms with Crippen molar-refractivity contribution >= 4 is 11.9 Å². The predicted octanol–water partition coefficient (Wildman–Crippen LogP) is 7.89. The van der Waals surface area contributed by atoms with Crippen molar-refractivity contribution in [2.45, 2.75) is 91.6 Å². The Morgan fingerprint density at radius 3 is 2.03 bits per heavy atom. The Bertz CT molecular complexity index is 895. The molecule has 0 aliphatic carbocycles.